The molecule has 0 bridgehead atoms. The van der Waals surface area contributed by atoms with E-state index in [4.69, 9.17) is 5.11 Å². The Hall–Kier alpha value is -0.360. The number of hydrogen-bond acceptors (Lipinski definition) is 3. The van der Waals surface area contributed by atoms with E-state index in [1.165, 1.54) is 83.5 Å². The molecule has 5 nitrogen and oxygen atoms in total. The van der Waals surface area contributed by atoms with E-state index < -0.39 is 6.10 Å². The molecule has 0 aliphatic carbocycles. The number of carbonyl (C=O) groups is 1. The van der Waals surface area contributed by atoms with Crippen molar-refractivity contribution in [3.8, 4) is 0 Å². The van der Waals surface area contributed by atoms with Gasteiger partial charge in [-0.15, -0.1) is 0 Å². The first-order valence-corrected chi connectivity index (χ1v) is 13.3. The minimum atomic E-state index is -0.672. The predicted octanol–water partition coefficient (Wildman–Crippen LogP) is 2.19. The topological polar surface area (TPSA) is 69.6 Å². The zero-order valence-electron chi connectivity index (χ0n) is 21.6. The molecule has 32 heavy (non-hydrogen) atoms. The van der Waals surface area contributed by atoms with Gasteiger partial charge >= 0.3 is 0 Å². The van der Waals surface area contributed by atoms with Gasteiger partial charge in [0, 0.05) is 19.4 Å². The SMILES string of the molecule is CCCCCCCCCCCCCCCCCC(=O)NCCC[N+](C)(C)CC(O)CO.[Cl-]. The second-order valence-corrected chi connectivity index (χ2v) is 10.1. The summed E-state index contributed by atoms with van der Waals surface area (Å²) in [5.74, 6) is 0.162. The van der Waals surface area contributed by atoms with Crippen LogP contribution in [0.3, 0.4) is 0 Å². The van der Waals surface area contributed by atoms with Gasteiger partial charge in [-0.1, -0.05) is 96.8 Å². The molecule has 1 unspecified atom stereocenters. The third kappa shape index (κ3) is 24.3. The highest BCUT2D eigenvalue weighted by Gasteiger charge is 2.19. The Labute approximate surface area is 205 Å². The number of aliphatic hydroxyl groups excluding tert-OH is 2. The Morgan fingerprint density at radius 1 is 0.781 bits per heavy atom. The molecule has 6 heteroatoms. The highest BCUT2D eigenvalue weighted by molar-refractivity contribution is 5.75. The smallest absolute Gasteiger partial charge is 0.219 e. The normalized spacial score (nSPS) is 12.4. The van der Waals surface area contributed by atoms with E-state index >= 15 is 0 Å². The van der Waals surface area contributed by atoms with Gasteiger partial charge in [0.2, 0.25) is 5.91 Å². The summed E-state index contributed by atoms with van der Waals surface area (Å²) in [5, 5.41) is 21.5. The quantitative estimate of drug-likeness (QED) is 0.156. The minimum absolute atomic E-state index is 0. The second-order valence-electron chi connectivity index (χ2n) is 10.1. The average molecular weight is 479 g/mol. The van der Waals surface area contributed by atoms with Crippen LogP contribution < -0.4 is 17.7 Å². The van der Waals surface area contributed by atoms with Crippen molar-refractivity contribution >= 4 is 5.91 Å². The fraction of sp³-hybridized carbons (Fsp3) is 0.962. The Balaban J connectivity index is 0. The van der Waals surface area contributed by atoms with Crippen molar-refractivity contribution in [2.45, 2.75) is 122 Å². The van der Waals surface area contributed by atoms with Crippen LogP contribution in [-0.2, 0) is 4.79 Å². The van der Waals surface area contributed by atoms with Crippen LogP contribution in [0, 0.1) is 0 Å². The molecular formula is C26H55ClN2O3. The zero-order valence-corrected chi connectivity index (χ0v) is 22.3. The van der Waals surface area contributed by atoms with Crippen molar-refractivity contribution < 1.29 is 31.9 Å². The number of rotatable bonds is 23. The lowest BCUT2D eigenvalue weighted by Gasteiger charge is -2.31. The molecule has 0 saturated heterocycles. The number of amides is 1. The molecule has 1 amide bonds. The molecule has 0 aromatic carbocycles. The van der Waals surface area contributed by atoms with Crippen LogP contribution >= 0.6 is 0 Å². The first-order valence-electron chi connectivity index (χ1n) is 13.3. The molecule has 0 fully saturated rings. The highest BCUT2D eigenvalue weighted by atomic mass is 35.5. The molecule has 0 aliphatic heterocycles. The summed E-state index contributed by atoms with van der Waals surface area (Å²) < 4.78 is 0.649. The third-order valence-corrected chi connectivity index (χ3v) is 6.19. The first kappa shape index (κ1) is 33.8. The van der Waals surface area contributed by atoms with Crippen molar-refractivity contribution in [3.63, 3.8) is 0 Å². The van der Waals surface area contributed by atoms with Crippen LogP contribution in [0.15, 0.2) is 0 Å². The van der Waals surface area contributed by atoms with Crippen LogP contribution in [0.5, 0.6) is 0 Å². The van der Waals surface area contributed by atoms with Crippen LogP contribution in [0.25, 0.3) is 0 Å². The van der Waals surface area contributed by atoms with Crippen molar-refractivity contribution in [3.05, 3.63) is 0 Å². The van der Waals surface area contributed by atoms with Gasteiger partial charge in [-0.05, 0) is 6.42 Å². The Kier molecular flexibility index (Phi) is 25.1. The number of quaternary nitrogens is 1. The molecule has 1 atom stereocenters. The molecule has 0 radical (unpaired) electrons. The first-order chi connectivity index (χ1) is 14.9. The van der Waals surface area contributed by atoms with Crippen molar-refractivity contribution in [2.75, 3.05) is 40.3 Å². The summed E-state index contributed by atoms with van der Waals surface area (Å²) >= 11 is 0. The maximum Gasteiger partial charge on any atom is 0.219 e. The molecule has 3 N–H and O–H groups in total. The number of aliphatic hydroxyl groups is 2. The monoisotopic (exact) mass is 478 g/mol. The van der Waals surface area contributed by atoms with Crippen LogP contribution in [0.1, 0.15) is 116 Å². The Morgan fingerprint density at radius 2 is 1.22 bits per heavy atom. The maximum absolute atomic E-state index is 11.9. The van der Waals surface area contributed by atoms with Crippen LogP contribution in [0.2, 0.25) is 0 Å². The lowest BCUT2D eigenvalue weighted by molar-refractivity contribution is -0.893. The molecule has 0 aromatic heterocycles. The van der Waals surface area contributed by atoms with E-state index in [2.05, 4.69) is 12.2 Å². The van der Waals surface area contributed by atoms with Gasteiger partial charge in [0.05, 0.1) is 27.2 Å². The minimum Gasteiger partial charge on any atom is -1.00 e. The van der Waals surface area contributed by atoms with E-state index in [1.807, 2.05) is 14.1 Å². The summed E-state index contributed by atoms with van der Waals surface area (Å²) in [6.45, 7) is 4.17. The lowest BCUT2D eigenvalue weighted by atomic mass is 10.0. The zero-order chi connectivity index (χ0) is 23.2. The summed E-state index contributed by atoms with van der Waals surface area (Å²) in [4.78, 5) is 11.9. The number of likely N-dealkylation sites (N-methyl/N-ethyl adjacent to an activating group) is 1. The molecule has 0 rings (SSSR count). The molecule has 0 aliphatic rings. The largest absolute Gasteiger partial charge is 1.00 e. The van der Waals surface area contributed by atoms with Crippen molar-refractivity contribution in [2.24, 2.45) is 0 Å². The third-order valence-electron chi connectivity index (χ3n) is 6.19. The summed E-state index contributed by atoms with van der Waals surface area (Å²) in [5.41, 5.74) is 0. The van der Waals surface area contributed by atoms with E-state index in [0.29, 0.717) is 24.0 Å². The van der Waals surface area contributed by atoms with E-state index in [1.54, 1.807) is 0 Å². The predicted molar refractivity (Wildman–Crippen MR) is 132 cm³/mol. The number of nitrogens with one attached hydrogen (secondary N) is 1. The van der Waals surface area contributed by atoms with Crippen molar-refractivity contribution in [1.29, 1.82) is 0 Å². The Morgan fingerprint density at radius 3 is 1.66 bits per heavy atom. The van der Waals surface area contributed by atoms with Gasteiger partial charge in [-0.3, -0.25) is 4.79 Å². The summed E-state index contributed by atoms with van der Waals surface area (Å²) in [6, 6.07) is 0. The van der Waals surface area contributed by atoms with E-state index in [-0.39, 0.29) is 24.9 Å². The fourth-order valence-electron chi connectivity index (χ4n) is 4.20. The number of halogens is 1. The van der Waals surface area contributed by atoms with E-state index in [9.17, 15) is 9.90 Å². The highest BCUT2D eigenvalue weighted by Crippen LogP contribution is 2.13. The Bertz CT molecular complexity index is 409. The molecule has 0 saturated carbocycles. The van der Waals surface area contributed by atoms with E-state index in [0.717, 1.165) is 25.8 Å². The molecule has 0 spiro atoms. The standard InChI is InChI=1S/C26H54N2O3.ClH/c1-4-5-6-7-8-9-10-11-12-13-14-15-16-17-18-20-26(31)27-21-19-22-28(2,3)23-25(30)24-29;/h25,29-30H,4-24H2,1-3H3;1H. The number of hydrogen-bond donors (Lipinski definition) is 3. The van der Waals surface area contributed by atoms with Gasteiger partial charge in [-0.25, -0.2) is 0 Å². The molecule has 0 aromatic rings. The lowest BCUT2D eigenvalue weighted by Crippen LogP contribution is -3.00. The van der Waals surface area contributed by atoms with Gasteiger partial charge in [0.1, 0.15) is 12.6 Å². The number of carbonyl (C=O) groups excluding carboxylic acids is 1. The number of nitrogens with zero attached hydrogens (tertiary/aromatic N) is 1. The van der Waals surface area contributed by atoms with Gasteiger partial charge in [0.15, 0.2) is 0 Å². The van der Waals surface area contributed by atoms with Gasteiger partial charge < -0.3 is 32.4 Å². The van der Waals surface area contributed by atoms with Crippen LogP contribution in [-0.4, -0.2) is 67.0 Å². The van der Waals surface area contributed by atoms with Gasteiger partial charge in [-0.2, -0.15) is 0 Å². The van der Waals surface area contributed by atoms with Crippen LogP contribution in [0.4, 0.5) is 0 Å². The molecule has 194 valence electrons. The average Bonchev–Trinajstić information content (AvgIpc) is 2.73. The summed E-state index contributed by atoms with van der Waals surface area (Å²) in [7, 11) is 4.08. The fourth-order valence-corrected chi connectivity index (χ4v) is 4.20. The van der Waals surface area contributed by atoms with Crippen molar-refractivity contribution in [1.82, 2.24) is 5.32 Å². The number of unbranched alkanes of at least 4 members (excludes halogenated alkanes) is 14. The maximum atomic E-state index is 11.9. The van der Waals surface area contributed by atoms with Gasteiger partial charge in [0.25, 0.3) is 0 Å². The second kappa shape index (κ2) is 23.8. The molecule has 0 heterocycles. The molecular weight excluding hydrogens is 424 g/mol. The summed E-state index contributed by atoms with van der Waals surface area (Å²) in [6.07, 6.45) is 21.0.